The van der Waals surface area contributed by atoms with Gasteiger partial charge >= 0.3 is 0 Å². The zero-order chi connectivity index (χ0) is 24.2. The van der Waals surface area contributed by atoms with Crippen molar-refractivity contribution in [2.75, 3.05) is 0 Å². The molecule has 0 bridgehead atoms. The summed E-state index contributed by atoms with van der Waals surface area (Å²) in [4.78, 5) is 0. The van der Waals surface area contributed by atoms with Gasteiger partial charge in [0.1, 0.15) is 0 Å². The molecule has 0 aliphatic heterocycles. The van der Waals surface area contributed by atoms with Crippen LogP contribution in [0, 0.1) is 0 Å². The van der Waals surface area contributed by atoms with Crippen LogP contribution in [-0.2, 0) is 0 Å². The van der Waals surface area contributed by atoms with Crippen LogP contribution >= 0.6 is 7.92 Å². The lowest BCUT2D eigenvalue weighted by Crippen LogP contribution is -2.22. The lowest BCUT2D eigenvalue weighted by Gasteiger charge is -2.27. The smallest absolute Gasteiger partial charge is 0.00724 e. The van der Waals surface area contributed by atoms with Crippen LogP contribution in [-0.4, -0.2) is 0 Å². The highest BCUT2D eigenvalue weighted by atomic mass is 31.1. The quantitative estimate of drug-likeness (QED) is 0.241. The van der Waals surface area contributed by atoms with E-state index in [4.69, 9.17) is 0 Å². The fourth-order valence-corrected chi connectivity index (χ4v) is 7.19. The van der Waals surface area contributed by atoms with E-state index in [0.29, 0.717) is 17.8 Å². The predicted molar refractivity (Wildman–Crippen MR) is 153 cm³/mol. The van der Waals surface area contributed by atoms with E-state index in [1.54, 1.807) is 0 Å². The van der Waals surface area contributed by atoms with Crippen molar-refractivity contribution in [1.82, 2.24) is 0 Å². The average molecular weight is 465 g/mol. The summed E-state index contributed by atoms with van der Waals surface area (Å²) in [6.07, 6.45) is 0. The zero-order valence-corrected chi connectivity index (χ0v) is 22.3. The van der Waals surface area contributed by atoms with E-state index < -0.39 is 7.92 Å². The summed E-state index contributed by atoms with van der Waals surface area (Å²) in [6.45, 7) is 14.0. The van der Waals surface area contributed by atoms with Crippen LogP contribution in [0.3, 0.4) is 0 Å². The molecule has 174 valence electrons. The zero-order valence-electron chi connectivity index (χ0n) is 21.4. The van der Waals surface area contributed by atoms with Gasteiger partial charge in [-0.3, -0.25) is 0 Å². The van der Waals surface area contributed by atoms with Crippen LogP contribution in [0.15, 0.2) is 97.1 Å². The van der Waals surface area contributed by atoms with Gasteiger partial charge in [-0.25, -0.2) is 0 Å². The first-order chi connectivity index (χ1) is 16.4. The maximum atomic E-state index is 2.47. The van der Waals surface area contributed by atoms with Crippen LogP contribution in [0.2, 0.25) is 0 Å². The molecule has 34 heavy (non-hydrogen) atoms. The maximum Gasteiger partial charge on any atom is -0.00724 e. The normalized spacial score (nSPS) is 11.7. The Kier molecular flexibility index (Phi) is 7.70. The highest BCUT2D eigenvalue weighted by Gasteiger charge is 2.24. The SMILES string of the molecule is CC(C)c1cc(C(C)C)c(-c2ccccc2P(c2ccccc2)c2ccccc2)c(C(C)C)c1. The number of rotatable bonds is 7. The largest absolute Gasteiger partial charge is 0.0622 e. The Morgan fingerprint density at radius 1 is 0.500 bits per heavy atom. The van der Waals surface area contributed by atoms with Crippen molar-refractivity contribution in [3.63, 3.8) is 0 Å². The van der Waals surface area contributed by atoms with E-state index in [1.807, 2.05) is 0 Å². The fourth-order valence-electron chi connectivity index (χ4n) is 4.73. The lowest BCUT2D eigenvalue weighted by atomic mass is 9.82. The van der Waals surface area contributed by atoms with Crippen LogP contribution in [0.25, 0.3) is 11.1 Å². The van der Waals surface area contributed by atoms with Crippen molar-refractivity contribution in [2.24, 2.45) is 0 Å². The van der Waals surface area contributed by atoms with Gasteiger partial charge in [-0.05, 0) is 69.4 Å². The Hall–Kier alpha value is -2.69. The molecule has 4 rings (SSSR count). The summed E-state index contributed by atoms with van der Waals surface area (Å²) in [5, 5.41) is 4.23. The molecule has 4 aromatic carbocycles. The first-order valence-corrected chi connectivity index (χ1v) is 13.9. The minimum Gasteiger partial charge on any atom is -0.0622 e. The van der Waals surface area contributed by atoms with E-state index in [9.17, 15) is 0 Å². The molecule has 0 aliphatic rings. The summed E-state index contributed by atoms with van der Waals surface area (Å²) in [7, 11) is -0.674. The molecule has 0 heterocycles. The van der Waals surface area contributed by atoms with Gasteiger partial charge in [-0.2, -0.15) is 0 Å². The molecule has 0 aliphatic carbocycles. The Bertz CT molecular complexity index is 1150. The van der Waals surface area contributed by atoms with E-state index in [-0.39, 0.29) is 0 Å². The first-order valence-electron chi connectivity index (χ1n) is 12.6. The second-order valence-corrected chi connectivity index (χ2v) is 12.2. The van der Waals surface area contributed by atoms with Gasteiger partial charge in [0.2, 0.25) is 0 Å². The summed E-state index contributed by atoms with van der Waals surface area (Å²) >= 11 is 0. The summed E-state index contributed by atoms with van der Waals surface area (Å²) in [5.74, 6) is 1.43. The summed E-state index contributed by atoms with van der Waals surface area (Å²) in [5.41, 5.74) is 7.23. The Morgan fingerprint density at radius 3 is 1.38 bits per heavy atom. The monoisotopic (exact) mass is 464 g/mol. The highest BCUT2D eigenvalue weighted by Crippen LogP contribution is 2.43. The second-order valence-electron chi connectivity index (χ2n) is 10.1. The van der Waals surface area contributed by atoms with Gasteiger partial charge in [0, 0.05) is 0 Å². The molecule has 4 aromatic rings. The third-order valence-electron chi connectivity index (χ3n) is 6.58. The van der Waals surface area contributed by atoms with Crippen molar-refractivity contribution in [2.45, 2.75) is 59.3 Å². The minimum atomic E-state index is -0.674. The van der Waals surface area contributed by atoms with Crippen molar-refractivity contribution in [3.8, 4) is 11.1 Å². The van der Waals surface area contributed by atoms with E-state index >= 15 is 0 Å². The maximum absolute atomic E-state index is 2.47. The van der Waals surface area contributed by atoms with Crippen molar-refractivity contribution in [1.29, 1.82) is 0 Å². The summed E-state index contributed by atoms with van der Waals surface area (Å²) < 4.78 is 0. The molecule has 0 saturated carbocycles. The molecule has 0 unspecified atom stereocenters. The van der Waals surface area contributed by atoms with Gasteiger partial charge in [0.15, 0.2) is 0 Å². The number of hydrogen-bond donors (Lipinski definition) is 0. The predicted octanol–water partition coefficient (Wildman–Crippen LogP) is 8.48. The van der Waals surface area contributed by atoms with Gasteiger partial charge in [-0.15, -0.1) is 0 Å². The van der Waals surface area contributed by atoms with Crippen LogP contribution in [0.1, 0.15) is 76.0 Å². The molecule has 0 nitrogen and oxygen atoms in total. The molecular weight excluding hydrogens is 427 g/mol. The first kappa shape index (κ1) is 24.4. The average Bonchev–Trinajstić information content (AvgIpc) is 2.85. The molecule has 0 radical (unpaired) electrons. The van der Waals surface area contributed by atoms with Crippen LogP contribution in [0.5, 0.6) is 0 Å². The standard InChI is InChI=1S/C33H37P/c1-23(2)26-21-30(24(3)4)33(31(22-26)25(5)6)29-19-13-14-20-32(29)34(27-15-9-7-10-16-27)28-17-11-8-12-18-28/h7-25H,1-6H3. The Labute approximate surface area is 207 Å². The molecule has 0 spiro atoms. The molecular formula is C33H37P. The van der Waals surface area contributed by atoms with Crippen molar-refractivity contribution < 1.29 is 0 Å². The Morgan fingerprint density at radius 2 is 0.941 bits per heavy atom. The molecule has 0 saturated heterocycles. The molecule has 0 fully saturated rings. The molecule has 0 amide bonds. The lowest BCUT2D eigenvalue weighted by molar-refractivity contribution is 0.808. The molecule has 0 N–H and O–H groups in total. The van der Waals surface area contributed by atoms with Gasteiger partial charge in [0.25, 0.3) is 0 Å². The van der Waals surface area contributed by atoms with Crippen molar-refractivity contribution >= 4 is 23.8 Å². The molecule has 0 aromatic heterocycles. The molecule has 0 atom stereocenters. The third-order valence-corrected chi connectivity index (χ3v) is 9.08. The Balaban J connectivity index is 2.04. The highest BCUT2D eigenvalue weighted by molar-refractivity contribution is 7.80. The van der Waals surface area contributed by atoms with Crippen LogP contribution in [0.4, 0.5) is 0 Å². The van der Waals surface area contributed by atoms with Gasteiger partial charge in [0.05, 0.1) is 0 Å². The van der Waals surface area contributed by atoms with E-state index in [0.717, 1.165) is 0 Å². The van der Waals surface area contributed by atoms with Crippen molar-refractivity contribution in [3.05, 3.63) is 114 Å². The number of benzene rings is 4. The minimum absolute atomic E-state index is 0.457. The van der Waals surface area contributed by atoms with E-state index in [1.165, 1.54) is 43.7 Å². The fraction of sp³-hybridized carbons (Fsp3) is 0.273. The third kappa shape index (κ3) is 5.03. The van der Waals surface area contributed by atoms with E-state index in [2.05, 4.69) is 139 Å². The van der Waals surface area contributed by atoms with Gasteiger partial charge in [-0.1, -0.05) is 139 Å². The number of hydrogen-bond acceptors (Lipinski definition) is 0. The molecule has 1 heteroatoms. The summed E-state index contributed by atoms with van der Waals surface area (Å²) in [6, 6.07) is 36.2. The topological polar surface area (TPSA) is 0 Å². The van der Waals surface area contributed by atoms with Gasteiger partial charge < -0.3 is 0 Å². The second kappa shape index (κ2) is 10.7. The van der Waals surface area contributed by atoms with Crippen LogP contribution < -0.4 is 15.9 Å².